The minimum atomic E-state index is 0.165. The average Bonchev–Trinajstić information content (AvgIpc) is 2.45. The van der Waals surface area contributed by atoms with Crippen LogP contribution >= 0.6 is 0 Å². The Morgan fingerprint density at radius 1 is 0.850 bits per heavy atom. The van der Waals surface area contributed by atoms with Crippen LogP contribution < -0.4 is 5.32 Å². The molecule has 1 amide bonds. The van der Waals surface area contributed by atoms with Gasteiger partial charge in [0.05, 0.1) is 6.61 Å². The maximum Gasteiger partial charge on any atom is 0.220 e. The Hall–Kier alpha value is -0.570. The molecule has 0 fully saturated rings. The number of nitrogens with one attached hydrogen (secondary N) is 1. The monoisotopic (exact) mass is 285 g/mol. The van der Waals surface area contributed by atoms with Crippen LogP contribution in [-0.4, -0.2) is 26.2 Å². The van der Waals surface area contributed by atoms with Gasteiger partial charge in [-0.2, -0.15) is 0 Å². The third-order valence-electron chi connectivity index (χ3n) is 3.64. The summed E-state index contributed by atoms with van der Waals surface area (Å²) in [5.74, 6) is 0.165. The molecule has 0 radical (unpaired) electrons. The molecule has 120 valence electrons. The van der Waals surface area contributed by atoms with Crippen molar-refractivity contribution in [2.24, 2.45) is 0 Å². The molecule has 20 heavy (non-hydrogen) atoms. The van der Waals surface area contributed by atoms with Gasteiger partial charge in [-0.05, 0) is 6.42 Å². The molecule has 0 bridgehead atoms. The molecular formula is C17H35NO2. The lowest BCUT2D eigenvalue weighted by Gasteiger charge is -2.04. The summed E-state index contributed by atoms with van der Waals surface area (Å²) in [4.78, 5) is 11.4. The van der Waals surface area contributed by atoms with Crippen molar-refractivity contribution in [2.45, 2.75) is 84.0 Å². The number of unbranched alkanes of at least 4 members (excludes halogenated alkanes) is 10. The predicted octanol–water partition coefficient (Wildman–Crippen LogP) is 4.45. The first-order valence-corrected chi connectivity index (χ1v) is 8.57. The van der Waals surface area contributed by atoms with Gasteiger partial charge in [0.1, 0.15) is 0 Å². The third-order valence-corrected chi connectivity index (χ3v) is 3.64. The normalized spacial score (nSPS) is 10.7. The second kappa shape index (κ2) is 16.5. The zero-order chi connectivity index (χ0) is 14.9. The van der Waals surface area contributed by atoms with Crippen LogP contribution in [0.1, 0.15) is 84.0 Å². The van der Waals surface area contributed by atoms with Gasteiger partial charge in [0, 0.05) is 20.1 Å². The van der Waals surface area contributed by atoms with Crippen molar-refractivity contribution in [2.75, 3.05) is 20.3 Å². The third kappa shape index (κ3) is 15.5. The molecule has 0 aromatic carbocycles. The summed E-state index contributed by atoms with van der Waals surface area (Å²) in [5.41, 5.74) is 0. The summed E-state index contributed by atoms with van der Waals surface area (Å²) >= 11 is 0. The van der Waals surface area contributed by atoms with E-state index in [1.807, 2.05) is 0 Å². The highest BCUT2D eigenvalue weighted by atomic mass is 16.5. The number of hydrogen-bond donors (Lipinski definition) is 1. The summed E-state index contributed by atoms with van der Waals surface area (Å²) < 4.78 is 4.89. The van der Waals surface area contributed by atoms with Crippen LogP contribution in [0.4, 0.5) is 0 Å². The van der Waals surface area contributed by atoms with Crippen molar-refractivity contribution in [3.63, 3.8) is 0 Å². The molecule has 0 saturated carbocycles. The lowest BCUT2D eigenvalue weighted by Crippen LogP contribution is -2.26. The van der Waals surface area contributed by atoms with Crippen LogP contribution in [0.2, 0.25) is 0 Å². The zero-order valence-corrected chi connectivity index (χ0v) is 13.7. The number of carbonyl (C=O) groups excluding carboxylic acids is 1. The van der Waals surface area contributed by atoms with E-state index in [-0.39, 0.29) is 5.91 Å². The van der Waals surface area contributed by atoms with Crippen LogP contribution in [0.15, 0.2) is 0 Å². The molecule has 0 atom stereocenters. The molecule has 0 aromatic rings. The lowest BCUT2D eigenvalue weighted by molar-refractivity contribution is -0.121. The highest BCUT2D eigenvalue weighted by Crippen LogP contribution is 2.11. The largest absolute Gasteiger partial charge is 0.383 e. The van der Waals surface area contributed by atoms with Crippen molar-refractivity contribution < 1.29 is 9.53 Å². The smallest absolute Gasteiger partial charge is 0.220 e. The molecule has 0 heterocycles. The second-order valence-corrected chi connectivity index (χ2v) is 5.63. The summed E-state index contributed by atoms with van der Waals surface area (Å²) in [6, 6.07) is 0. The summed E-state index contributed by atoms with van der Waals surface area (Å²) in [5, 5.41) is 2.86. The van der Waals surface area contributed by atoms with Gasteiger partial charge in [-0.25, -0.2) is 0 Å². The van der Waals surface area contributed by atoms with Gasteiger partial charge < -0.3 is 10.1 Å². The Morgan fingerprint density at radius 3 is 1.85 bits per heavy atom. The van der Waals surface area contributed by atoms with Gasteiger partial charge in [0.2, 0.25) is 5.91 Å². The Kier molecular flexibility index (Phi) is 16.0. The van der Waals surface area contributed by atoms with Crippen molar-refractivity contribution >= 4 is 5.91 Å². The molecule has 0 saturated heterocycles. The van der Waals surface area contributed by atoms with Gasteiger partial charge in [-0.15, -0.1) is 0 Å². The van der Waals surface area contributed by atoms with Gasteiger partial charge in [0.25, 0.3) is 0 Å². The van der Waals surface area contributed by atoms with E-state index in [0.29, 0.717) is 19.6 Å². The minimum absolute atomic E-state index is 0.165. The maximum atomic E-state index is 11.4. The molecule has 3 nitrogen and oxygen atoms in total. The zero-order valence-electron chi connectivity index (χ0n) is 13.7. The van der Waals surface area contributed by atoms with Gasteiger partial charge in [-0.1, -0.05) is 71.1 Å². The number of amides is 1. The fourth-order valence-electron chi connectivity index (χ4n) is 2.33. The van der Waals surface area contributed by atoms with Crippen molar-refractivity contribution in [3.05, 3.63) is 0 Å². The topological polar surface area (TPSA) is 38.3 Å². The molecule has 0 aliphatic carbocycles. The number of hydrogen-bond acceptors (Lipinski definition) is 2. The van der Waals surface area contributed by atoms with E-state index in [0.717, 1.165) is 6.42 Å². The summed E-state index contributed by atoms with van der Waals surface area (Å²) in [6.07, 6.45) is 15.2. The van der Waals surface area contributed by atoms with Crippen molar-refractivity contribution in [3.8, 4) is 0 Å². The number of rotatable bonds is 15. The highest BCUT2D eigenvalue weighted by Gasteiger charge is 1.99. The van der Waals surface area contributed by atoms with E-state index in [9.17, 15) is 4.79 Å². The number of ether oxygens (including phenoxy) is 1. The summed E-state index contributed by atoms with van der Waals surface area (Å²) in [7, 11) is 1.65. The Morgan fingerprint density at radius 2 is 1.35 bits per heavy atom. The molecule has 0 rings (SSSR count). The molecule has 1 N–H and O–H groups in total. The van der Waals surface area contributed by atoms with Gasteiger partial charge in [0.15, 0.2) is 0 Å². The standard InChI is InChI=1S/C17H35NO2/c1-3-4-5-6-7-8-9-10-11-12-13-14-17(19)18-15-16-20-2/h3-16H2,1-2H3,(H,18,19). The Balaban J connectivity index is 3.07. The predicted molar refractivity (Wildman–Crippen MR) is 86.0 cm³/mol. The fraction of sp³-hybridized carbons (Fsp3) is 0.941. The average molecular weight is 285 g/mol. The molecule has 0 aliphatic heterocycles. The first kappa shape index (κ1) is 19.4. The van der Waals surface area contributed by atoms with Crippen LogP contribution in [0.3, 0.4) is 0 Å². The Bertz CT molecular complexity index is 207. The quantitative estimate of drug-likeness (QED) is 0.451. The number of methoxy groups -OCH3 is 1. The lowest BCUT2D eigenvalue weighted by atomic mass is 10.1. The minimum Gasteiger partial charge on any atom is -0.383 e. The fourth-order valence-corrected chi connectivity index (χ4v) is 2.33. The highest BCUT2D eigenvalue weighted by molar-refractivity contribution is 5.75. The second-order valence-electron chi connectivity index (χ2n) is 5.63. The van der Waals surface area contributed by atoms with E-state index in [2.05, 4.69) is 12.2 Å². The molecule has 0 spiro atoms. The van der Waals surface area contributed by atoms with Crippen LogP contribution in [0, 0.1) is 0 Å². The van der Waals surface area contributed by atoms with Gasteiger partial charge in [-0.3, -0.25) is 4.79 Å². The molecule has 3 heteroatoms. The van der Waals surface area contributed by atoms with Gasteiger partial charge >= 0.3 is 0 Å². The maximum absolute atomic E-state index is 11.4. The Labute approximate surface area is 125 Å². The van der Waals surface area contributed by atoms with E-state index < -0.39 is 0 Å². The van der Waals surface area contributed by atoms with Crippen molar-refractivity contribution in [1.82, 2.24) is 5.32 Å². The molecular weight excluding hydrogens is 250 g/mol. The first-order valence-electron chi connectivity index (χ1n) is 8.57. The molecule has 0 aromatic heterocycles. The molecule has 0 unspecified atom stereocenters. The first-order chi connectivity index (χ1) is 9.81. The van der Waals surface area contributed by atoms with E-state index in [1.54, 1.807) is 7.11 Å². The van der Waals surface area contributed by atoms with Crippen LogP contribution in [0.25, 0.3) is 0 Å². The van der Waals surface area contributed by atoms with E-state index in [4.69, 9.17) is 4.74 Å². The van der Waals surface area contributed by atoms with Crippen LogP contribution in [0.5, 0.6) is 0 Å². The van der Waals surface area contributed by atoms with Crippen molar-refractivity contribution in [1.29, 1.82) is 0 Å². The van der Waals surface area contributed by atoms with E-state index in [1.165, 1.54) is 64.2 Å². The number of carbonyl (C=O) groups is 1. The molecule has 0 aliphatic rings. The SMILES string of the molecule is CCCCCCCCCCCCCC(=O)NCCOC. The van der Waals surface area contributed by atoms with Crippen LogP contribution in [-0.2, 0) is 9.53 Å². The van der Waals surface area contributed by atoms with E-state index >= 15 is 0 Å². The summed E-state index contributed by atoms with van der Waals surface area (Å²) in [6.45, 7) is 3.50.